The highest BCUT2D eigenvalue weighted by Gasteiger charge is 2.29. The van der Waals surface area contributed by atoms with E-state index in [1.54, 1.807) is 19.1 Å². The molecule has 0 aliphatic carbocycles. The lowest BCUT2D eigenvalue weighted by molar-refractivity contribution is -0.144. The summed E-state index contributed by atoms with van der Waals surface area (Å²) in [5, 5.41) is 0. The molecule has 2 heterocycles. The van der Waals surface area contributed by atoms with Gasteiger partial charge in [0.15, 0.2) is 11.5 Å². The van der Waals surface area contributed by atoms with Crippen LogP contribution in [0.1, 0.15) is 68.6 Å². The van der Waals surface area contributed by atoms with E-state index in [4.69, 9.17) is 9.15 Å². The highest BCUT2D eigenvalue weighted by atomic mass is 16.5. The predicted octanol–water partition coefficient (Wildman–Crippen LogP) is 4.12. The average Bonchev–Trinajstić information content (AvgIpc) is 3.08. The number of ether oxygens (including phenoxy) is 1. The third-order valence-corrected chi connectivity index (χ3v) is 5.02. The first-order valence-corrected chi connectivity index (χ1v) is 9.98. The second kappa shape index (κ2) is 9.02. The Bertz CT molecular complexity index is 799. The predicted molar refractivity (Wildman–Crippen MR) is 103 cm³/mol. The van der Waals surface area contributed by atoms with E-state index in [-0.39, 0.29) is 24.3 Å². The first-order chi connectivity index (χ1) is 13.1. The van der Waals surface area contributed by atoms with Crippen molar-refractivity contribution in [3.05, 3.63) is 29.7 Å². The number of aryl methyl sites for hydroxylation is 1. The number of piperidine rings is 1. The van der Waals surface area contributed by atoms with Crippen molar-refractivity contribution in [1.29, 1.82) is 0 Å². The lowest BCUT2D eigenvalue weighted by Gasteiger charge is -2.35. The number of hydrogen-bond donors (Lipinski definition) is 0. The molecule has 0 bridgehead atoms. The summed E-state index contributed by atoms with van der Waals surface area (Å²) in [6, 6.07) is 5.30. The second-order valence-corrected chi connectivity index (χ2v) is 7.05. The standard InChI is InChI=1S/C21H28N2O4/c1-3-5-9-19-22-17-13-15(10-11-18(17)27-19)21(25)23-12-7-6-8-16(23)14-20(24)26-4-2/h10-11,13,16H,3-9,12,14H2,1-2H3/t16-/m0/s1. The maximum Gasteiger partial charge on any atom is 0.307 e. The van der Waals surface area contributed by atoms with Crippen molar-refractivity contribution in [2.24, 2.45) is 0 Å². The van der Waals surface area contributed by atoms with E-state index in [2.05, 4.69) is 11.9 Å². The second-order valence-electron chi connectivity index (χ2n) is 7.05. The van der Waals surface area contributed by atoms with Gasteiger partial charge in [-0.2, -0.15) is 0 Å². The van der Waals surface area contributed by atoms with Gasteiger partial charge in [-0.25, -0.2) is 4.98 Å². The molecule has 0 saturated carbocycles. The lowest BCUT2D eigenvalue weighted by Crippen LogP contribution is -2.45. The fourth-order valence-electron chi connectivity index (χ4n) is 3.60. The summed E-state index contributed by atoms with van der Waals surface area (Å²) in [4.78, 5) is 31.3. The largest absolute Gasteiger partial charge is 0.466 e. The average molecular weight is 372 g/mol. The summed E-state index contributed by atoms with van der Waals surface area (Å²) in [7, 11) is 0. The number of nitrogens with zero attached hydrogens (tertiary/aromatic N) is 2. The van der Waals surface area contributed by atoms with Crippen molar-refractivity contribution >= 4 is 23.0 Å². The van der Waals surface area contributed by atoms with E-state index >= 15 is 0 Å². The Balaban J connectivity index is 1.77. The van der Waals surface area contributed by atoms with Crippen LogP contribution in [0.2, 0.25) is 0 Å². The van der Waals surface area contributed by atoms with Gasteiger partial charge >= 0.3 is 5.97 Å². The van der Waals surface area contributed by atoms with Crippen LogP contribution >= 0.6 is 0 Å². The van der Waals surface area contributed by atoms with Crippen LogP contribution in [0.3, 0.4) is 0 Å². The van der Waals surface area contributed by atoms with Gasteiger partial charge in [0.25, 0.3) is 5.91 Å². The number of benzene rings is 1. The highest BCUT2D eigenvalue weighted by molar-refractivity contribution is 5.97. The molecule has 0 unspecified atom stereocenters. The number of rotatable bonds is 7. The third-order valence-electron chi connectivity index (χ3n) is 5.02. The Morgan fingerprint density at radius 1 is 1.30 bits per heavy atom. The molecule has 6 nitrogen and oxygen atoms in total. The highest BCUT2D eigenvalue weighted by Crippen LogP contribution is 2.24. The molecule has 0 spiro atoms. The number of amides is 1. The van der Waals surface area contributed by atoms with E-state index in [1.807, 2.05) is 11.0 Å². The van der Waals surface area contributed by atoms with Crippen LogP contribution in [0.4, 0.5) is 0 Å². The maximum atomic E-state index is 13.1. The first kappa shape index (κ1) is 19.4. The van der Waals surface area contributed by atoms with Crippen LogP contribution in [-0.4, -0.2) is 41.0 Å². The van der Waals surface area contributed by atoms with E-state index in [0.29, 0.717) is 29.8 Å². The SMILES string of the molecule is CCCCc1nc2cc(C(=O)N3CCCC[C@H]3CC(=O)OCC)ccc2o1. The monoisotopic (exact) mass is 372 g/mol. The van der Waals surface area contributed by atoms with Crippen LogP contribution in [0.15, 0.2) is 22.6 Å². The van der Waals surface area contributed by atoms with E-state index in [9.17, 15) is 9.59 Å². The van der Waals surface area contributed by atoms with Crippen molar-refractivity contribution in [2.45, 2.75) is 64.8 Å². The lowest BCUT2D eigenvalue weighted by atomic mass is 9.98. The summed E-state index contributed by atoms with van der Waals surface area (Å²) < 4.78 is 10.8. The van der Waals surface area contributed by atoms with E-state index in [0.717, 1.165) is 44.4 Å². The summed E-state index contributed by atoms with van der Waals surface area (Å²) >= 11 is 0. The van der Waals surface area contributed by atoms with E-state index < -0.39 is 0 Å². The van der Waals surface area contributed by atoms with Gasteiger partial charge in [0.2, 0.25) is 0 Å². The number of hydrogen-bond acceptors (Lipinski definition) is 5. The molecule has 1 fully saturated rings. The maximum absolute atomic E-state index is 13.1. The molecule has 1 amide bonds. The molecular weight excluding hydrogens is 344 g/mol. The molecule has 2 aromatic rings. The minimum atomic E-state index is -0.241. The van der Waals surface area contributed by atoms with Gasteiger partial charge in [-0.3, -0.25) is 9.59 Å². The van der Waals surface area contributed by atoms with Crippen molar-refractivity contribution in [1.82, 2.24) is 9.88 Å². The Morgan fingerprint density at radius 2 is 2.15 bits per heavy atom. The summed E-state index contributed by atoms with van der Waals surface area (Å²) in [6.07, 6.45) is 5.99. The smallest absolute Gasteiger partial charge is 0.307 e. The first-order valence-electron chi connectivity index (χ1n) is 9.98. The molecule has 1 atom stereocenters. The molecule has 6 heteroatoms. The Hall–Kier alpha value is -2.37. The van der Waals surface area contributed by atoms with Crippen LogP contribution in [0.25, 0.3) is 11.1 Å². The fraction of sp³-hybridized carbons (Fsp3) is 0.571. The van der Waals surface area contributed by atoms with Crippen LogP contribution in [0, 0.1) is 0 Å². The van der Waals surface area contributed by atoms with Gasteiger partial charge in [-0.15, -0.1) is 0 Å². The molecular formula is C21H28N2O4. The number of aromatic nitrogens is 1. The van der Waals surface area contributed by atoms with E-state index in [1.165, 1.54) is 0 Å². The van der Waals surface area contributed by atoms with Gasteiger partial charge in [0, 0.05) is 24.6 Å². The fourth-order valence-corrected chi connectivity index (χ4v) is 3.60. The molecule has 0 N–H and O–H groups in total. The summed E-state index contributed by atoms with van der Waals surface area (Å²) in [5.74, 6) is 0.424. The minimum Gasteiger partial charge on any atom is -0.466 e. The normalized spacial score (nSPS) is 17.3. The van der Waals surface area contributed by atoms with Gasteiger partial charge < -0.3 is 14.1 Å². The number of carbonyl (C=O) groups excluding carboxylic acids is 2. The van der Waals surface area contributed by atoms with Crippen molar-refractivity contribution in [3.8, 4) is 0 Å². The van der Waals surface area contributed by atoms with Crippen molar-refractivity contribution in [2.75, 3.05) is 13.2 Å². The molecule has 3 rings (SSSR count). The van der Waals surface area contributed by atoms with Crippen molar-refractivity contribution < 1.29 is 18.7 Å². The number of fused-ring (bicyclic) bond motifs is 1. The molecule has 1 aliphatic heterocycles. The topological polar surface area (TPSA) is 72.6 Å². The molecule has 1 aromatic heterocycles. The molecule has 1 saturated heterocycles. The van der Waals surface area contributed by atoms with Gasteiger partial charge in [-0.1, -0.05) is 13.3 Å². The summed E-state index contributed by atoms with van der Waals surface area (Å²) in [5.41, 5.74) is 2.01. The zero-order chi connectivity index (χ0) is 19.2. The van der Waals surface area contributed by atoms with Gasteiger partial charge in [-0.05, 0) is 50.8 Å². The number of carbonyl (C=O) groups is 2. The number of esters is 1. The molecule has 27 heavy (non-hydrogen) atoms. The third kappa shape index (κ3) is 4.67. The Labute approximate surface area is 159 Å². The van der Waals surface area contributed by atoms with Crippen LogP contribution < -0.4 is 0 Å². The zero-order valence-corrected chi connectivity index (χ0v) is 16.2. The van der Waals surface area contributed by atoms with Gasteiger partial charge in [0.05, 0.1) is 13.0 Å². The van der Waals surface area contributed by atoms with Gasteiger partial charge in [0.1, 0.15) is 5.52 Å². The summed E-state index contributed by atoms with van der Waals surface area (Å²) in [6.45, 7) is 4.96. The molecule has 0 radical (unpaired) electrons. The van der Waals surface area contributed by atoms with Crippen LogP contribution in [-0.2, 0) is 16.0 Å². The number of likely N-dealkylation sites (tertiary alicyclic amines) is 1. The quantitative estimate of drug-likeness (QED) is 0.684. The number of unbranched alkanes of at least 4 members (excludes halogenated alkanes) is 1. The minimum absolute atomic E-state index is 0.0518. The Kier molecular flexibility index (Phi) is 6.48. The number of oxazole rings is 1. The molecule has 1 aromatic carbocycles. The molecule has 146 valence electrons. The van der Waals surface area contributed by atoms with Crippen LogP contribution in [0.5, 0.6) is 0 Å². The van der Waals surface area contributed by atoms with Crippen molar-refractivity contribution in [3.63, 3.8) is 0 Å². The molecule has 1 aliphatic rings. The Morgan fingerprint density at radius 3 is 2.93 bits per heavy atom. The zero-order valence-electron chi connectivity index (χ0n) is 16.2.